The number of aromatic nitrogens is 3. The van der Waals surface area contributed by atoms with Crippen molar-refractivity contribution in [2.75, 3.05) is 0 Å². The highest BCUT2D eigenvalue weighted by atomic mass is 16.1. The minimum atomic E-state index is -0.100. The molecule has 0 atom stereocenters. The van der Waals surface area contributed by atoms with Crippen molar-refractivity contribution in [3.05, 3.63) is 83.6 Å². The Labute approximate surface area is 157 Å². The summed E-state index contributed by atoms with van der Waals surface area (Å²) >= 11 is 0. The molecule has 0 bridgehead atoms. The minimum Gasteiger partial charge on any atom is -0.348 e. The number of amides is 1. The van der Waals surface area contributed by atoms with Crippen molar-refractivity contribution in [1.29, 1.82) is 0 Å². The highest BCUT2D eigenvalue weighted by molar-refractivity contribution is 5.95. The van der Waals surface area contributed by atoms with Crippen LogP contribution < -0.4 is 5.32 Å². The lowest BCUT2D eigenvalue weighted by atomic mass is 10.1. The van der Waals surface area contributed by atoms with Gasteiger partial charge in [0.2, 0.25) is 0 Å². The first-order valence-electron chi connectivity index (χ1n) is 8.84. The number of hydrogen-bond acceptors (Lipinski definition) is 3. The molecule has 5 nitrogen and oxygen atoms in total. The van der Waals surface area contributed by atoms with Crippen LogP contribution in [0.5, 0.6) is 0 Å². The van der Waals surface area contributed by atoms with Gasteiger partial charge >= 0.3 is 0 Å². The summed E-state index contributed by atoms with van der Waals surface area (Å²) in [6.07, 6.45) is 1.75. The van der Waals surface area contributed by atoms with Crippen LogP contribution in [0.1, 0.15) is 21.5 Å². The molecule has 1 amide bonds. The zero-order valence-electron chi connectivity index (χ0n) is 15.3. The van der Waals surface area contributed by atoms with E-state index in [0.717, 1.165) is 28.1 Å². The first kappa shape index (κ1) is 17.0. The second-order valence-electron chi connectivity index (χ2n) is 6.53. The molecule has 2 aromatic heterocycles. The van der Waals surface area contributed by atoms with Gasteiger partial charge in [-0.2, -0.15) is 0 Å². The van der Waals surface area contributed by atoms with Crippen molar-refractivity contribution in [1.82, 2.24) is 19.9 Å². The Kier molecular flexibility index (Phi) is 4.42. The Hall–Kier alpha value is -3.47. The van der Waals surface area contributed by atoms with E-state index in [1.54, 1.807) is 6.20 Å². The fourth-order valence-electron chi connectivity index (χ4n) is 3.17. The number of imidazole rings is 1. The lowest BCUT2D eigenvalue weighted by Gasteiger charge is -2.09. The molecule has 1 N–H and O–H groups in total. The van der Waals surface area contributed by atoms with Crippen molar-refractivity contribution in [3.63, 3.8) is 0 Å². The molecule has 5 heteroatoms. The third-order valence-corrected chi connectivity index (χ3v) is 4.71. The van der Waals surface area contributed by atoms with Crippen molar-refractivity contribution in [2.24, 2.45) is 7.05 Å². The largest absolute Gasteiger partial charge is 0.348 e. The third kappa shape index (κ3) is 3.31. The molecule has 4 rings (SSSR count). The van der Waals surface area contributed by atoms with E-state index in [4.69, 9.17) is 0 Å². The van der Waals surface area contributed by atoms with Crippen molar-refractivity contribution in [2.45, 2.75) is 13.5 Å². The minimum absolute atomic E-state index is 0.100. The smallest absolute Gasteiger partial charge is 0.251 e. The van der Waals surface area contributed by atoms with E-state index in [0.29, 0.717) is 12.1 Å². The maximum Gasteiger partial charge on any atom is 0.251 e. The Balaban J connectivity index is 1.59. The van der Waals surface area contributed by atoms with Crippen molar-refractivity contribution < 1.29 is 4.79 Å². The van der Waals surface area contributed by atoms with Crippen LogP contribution in [-0.4, -0.2) is 20.4 Å². The van der Waals surface area contributed by atoms with Gasteiger partial charge in [0, 0.05) is 30.9 Å². The van der Waals surface area contributed by atoms with Crippen LogP contribution in [0.2, 0.25) is 0 Å². The van der Waals surface area contributed by atoms with Crippen LogP contribution in [0, 0.1) is 6.92 Å². The number of rotatable bonds is 4. The van der Waals surface area contributed by atoms with Gasteiger partial charge in [0.05, 0.1) is 0 Å². The summed E-state index contributed by atoms with van der Waals surface area (Å²) in [6, 6.07) is 19.4. The van der Waals surface area contributed by atoms with E-state index in [1.807, 2.05) is 79.2 Å². The van der Waals surface area contributed by atoms with E-state index < -0.39 is 0 Å². The molecular formula is C22H20N4O. The summed E-state index contributed by atoms with van der Waals surface area (Å²) in [4.78, 5) is 21.7. The molecule has 2 aromatic carbocycles. The predicted molar refractivity (Wildman–Crippen MR) is 106 cm³/mol. The van der Waals surface area contributed by atoms with Gasteiger partial charge in [-0.05, 0) is 42.3 Å². The molecule has 0 fully saturated rings. The van der Waals surface area contributed by atoms with Gasteiger partial charge in [-0.3, -0.25) is 4.79 Å². The number of hydrogen-bond donors (Lipinski definition) is 1. The molecule has 27 heavy (non-hydrogen) atoms. The lowest BCUT2D eigenvalue weighted by molar-refractivity contribution is 0.0951. The molecule has 0 unspecified atom stereocenters. The Morgan fingerprint density at radius 1 is 1.07 bits per heavy atom. The molecule has 0 radical (unpaired) electrons. The molecule has 4 aromatic rings. The molecule has 0 saturated heterocycles. The number of benzene rings is 2. The van der Waals surface area contributed by atoms with Gasteiger partial charge in [-0.15, -0.1) is 0 Å². The van der Waals surface area contributed by atoms with Crippen LogP contribution in [0.3, 0.4) is 0 Å². The molecule has 0 spiro atoms. The summed E-state index contributed by atoms with van der Waals surface area (Å²) in [7, 11) is 1.93. The molecule has 0 aliphatic rings. The number of fused-ring (bicyclic) bond motifs is 1. The van der Waals surface area contributed by atoms with Crippen LogP contribution >= 0.6 is 0 Å². The van der Waals surface area contributed by atoms with E-state index >= 15 is 0 Å². The second-order valence-corrected chi connectivity index (χ2v) is 6.53. The predicted octanol–water partition coefficient (Wildman–Crippen LogP) is 3.87. The van der Waals surface area contributed by atoms with Crippen LogP contribution in [0.4, 0.5) is 0 Å². The quantitative estimate of drug-likeness (QED) is 0.604. The number of carbonyl (C=O) groups excluding carboxylic acids is 1. The number of aryl methyl sites for hydroxylation is 2. The van der Waals surface area contributed by atoms with Gasteiger partial charge < -0.3 is 9.88 Å². The normalized spacial score (nSPS) is 10.9. The zero-order chi connectivity index (χ0) is 18.8. The second kappa shape index (κ2) is 7.03. The van der Waals surface area contributed by atoms with E-state index in [1.165, 1.54) is 5.56 Å². The average molecular weight is 356 g/mol. The van der Waals surface area contributed by atoms with Crippen molar-refractivity contribution >= 4 is 17.1 Å². The number of pyridine rings is 1. The molecule has 0 aliphatic heterocycles. The fourth-order valence-corrected chi connectivity index (χ4v) is 3.17. The van der Waals surface area contributed by atoms with Crippen LogP contribution in [0.15, 0.2) is 66.9 Å². The summed E-state index contributed by atoms with van der Waals surface area (Å²) in [5.41, 5.74) is 5.44. The van der Waals surface area contributed by atoms with Gasteiger partial charge in [0.25, 0.3) is 5.91 Å². The molecule has 0 aliphatic carbocycles. The Morgan fingerprint density at radius 3 is 2.74 bits per heavy atom. The van der Waals surface area contributed by atoms with Gasteiger partial charge in [-0.25, -0.2) is 9.97 Å². The van der Waals surface area contributed by atoms with Crippen molar-refractivity contribution in [3.8, 4) is 11.4 Å². The summed E-state index contributed by atoms with van der Waals surface area (Å²) < 4.78 is 1.94. The van der Waals surface area contributed by atoms with Crippen LogP contribution in [-0.2, 0) is 13.6 Å². The maximum absolute atomic E-state index is 12.6. The highest BCUT2D eigenvalue weighted by Gasteiger charge is 2.13. The van der Waals surface area contributed by atoms with E-state index in [2.05, 4.69) is 15.3 Å². The number of nitrogens with zero attached hydrogens (tertiary/aromatic N) is 3. The van der Waals surface area contributed by atoms with E-state index in [-0.39, 0.29) is 5.91 Å². The topological polar surface area (TPSA) is 59.8 Å². The number of nitrogens with one attached hydrogen (secondary N) is 1. The number of carbonyl (C=O) groups is 1. The van der Waals surface area contributed by atoms with E-state index in [9.17, 15) is 4.79 Å². The van der Waals surface area contributed by atoms with Gasteiger partial charge in [0.15, 0.2) is 5.65 Å². The lowest BCUT2D eigenvalue weighted by Crippen LogP contribution is -2.23. The average Bonchev–Trinajstić information content (AvgIpc) is 3.04. The van der Waals surface area contributed by atoms with Gasteiger partial charge in [-0.1, -0.05) is 36.4 Å². The molecule has 134 valence electrons. The maximum atomic E-state index is 12.6. The molecular weight excluding hydrogens is 336 g/mol. The monoisotopic (exact) mass is 356 g/mol. The Morgan fingerprint density at radius 2 is 1.93 bits per heavy atom. The SMILES string of the molecule is Cc1ccccc1CNC(=O)c1cccc(-c2nc3cccnc3n2C)c1. The highest BCUT2D eigenvalue weighted by Crippen LogP contribution is 2.23. The first-order valence-corrected chi connectivity index (χ1v) is 8.84. The third-order valence-electron chi connectivity index (χ3n) is 4.71. The standard InChI is InChI=1S/C22H20N4O/c1-15-7-3-4-8-18(15)14-24-22(27)17-10-5-9-16(13-17)20-25-19-11-6-12-23-21(19)26(20)2/h3-13H,14H2,1-2H3,(H,24,27). The first-order chi connectivity index (χ1) is 13.1. The molecule has 2 heterocycles. The summed E-state index contributed by atoms with van der Waals surface area (Å²) in [5.74, 6) is 0.689. The zero-order valence-corrected chi connectivity index (χ0v) is 15.3. The Bertz CT molecular complexity index is 1130. The summed E-state index contributed by atoms with van der Waals surface area (Å²) in [5, 5.41) is 3.00. The van der Waals surface area contributed by atoms with Gasteiger partial charge in [0.1, 0.15) is 11.3 Å². The van der Waals surface area contributed by atoms with Crippen LogP contribution in [0.25, 0.3) is 22.6 Å². The molecule has 0 saturated carbocycles. The fraction of sp³-hybridized carbons (Fsp3) is 0.136. The summed E-state index contributed by atoms with van der Waals surface area (Å²) in [6.45, 7) is 2.55.